The maximum Gasteiger partial charge on any atom is 0.145 e. The number of fused-ring (bicyclic) bond motifs is 4. The lowest BCUT2D eigenvalue weighted by Gasteiger charge is -2.10. The molecule has 3 aromatic carbocycles. The number of aromatic nitrogens is 4. The van der Waals surface area contributed by atoms with Crippen LogP contribution in [0.1, 0.15) is 0 Å². The van der Waals surface area contributed by atoms with Gasteiger partial charge in [0.25, 0.3) is 0 Å². The van der Waals surface area contributed by atoms with Crippen molar-refractivity contribution in [1.82, 2.24) is 19.1 Å². The molecule has 0 spiro atoms. The Labute approximate surface area is 196 Å². The Kier molecular flexibility index (Phi) is 4.11. The fourth-order valence-electron chi connectivity index (χ4n) is 4.96. The second kappa shape index (κ2) is 7.42. The maximum atomic E-state index is 4.71. The average Bonchev–Trinajstić information content (AvgIpc) is 3.46. The van der Waals surface area contributed by atoms with Gasteiger partial charge in [-0.2, -0.15) is 0 Å². The Balaban J connectivity index is 1.40. The minimum Gasteiger partial charge on any atom is -0.308 e. The second-order valence-corrected chi connectivity index (χ2v) is 8.42. The molecular formula is C30H20N4. The molecule has 0 aliphatic carbocycles. The molecule has 34 heavy (non-hydrogen) atoms. The minimum absolute atomic E-state index is 0.954. The third-order valence-electron chi connectivity index (χ3n) is 6.51. The zero-order valence-electron chi connectivity index (χ0n) is 18.3. The predicted octanol–water partition coefficient (Wildman–Crippen LogP) is 7.18. The molecule has 4 heteroatoms. The van der Waals surface area contributed by atoms with Gasteiger partial charge in [-0.3, -0.25) is 4.98 Å². The zero-order valence-corrected chi connectivity index (χ0v) is 18.3. The van der Waals surface area contributed by atoms with Crippen LogP contribution in [0.3, 0.4) is 0 Å². The van der Waals surface area contributed by atoms with E-state index in [1.165, 1.54) is 27.4 Å². The molecule has 0 aliphatic heterocycles. The van der Waals surface area contributed by atoms with Crippen molar-refractivity contribution in [2.24, 2.45) is 0 Å². The van der Waals surface area contributed by atoms with E-state index in [2.05, 4.69) is 105 Å². The Hall–Kier alpha value is -4.70. The van der Waals surface area contributed by atoms with Crippen molar-refractivity contribution in [1.29, 1.82) is 0 Å². The van der Waals surface area contributed by atoms with Crippen LogP contribution in [0.5, 0.6) is 0 Å². The van der Waals surface area contributed by atoms with Gasteiger partial charge in [-0.1, -0.05) is 48.5 Å². The van der Waals surface area contributed by atoms with Crippen LogP contribution in [0.2, 0.25) is 0 Å². The van der Waals surface area contributed by atoms with Gasteiger partial charge in [0.05, 0.1) is 17.2 Å². The first kappa shape index (κ1) is 18.8. The fourth-order valence-corrected chi connectivity index (χ4v) is 4.96. The number of pyridine rings is 2. The fraction of sp³-hybridized carbons (Fsp3) is 0. The molecule has 0 saturated heterocycles. The van der Waals surface area contributed by atoms with Crippen LogP contribution in [-0.4, -0.2) is 19.1 Å². The molecule has 160 valence electrons. The zero-order chi connectivity index (χ0) is 22.5. The van der Waals surface area contributed by atoms with Gasteiger partial charge in [-0.15, -0.1) is 0 Å². The Morgan fingerprint density at radius 1 is 0.559 bits per heavy atom. The van der Waals surface area contributed by atoms with E-state index in [4.69, 9.17) is 4.98 Å². The molecule has 4 nitrogen and oxygen atoms in total. The molecule has 4 heterocycles. The largest absolute Gasteiger partial charge is 0.308 e. The summed E-state index contributed by atoms with van der Waals surface area (Å²) in [6.07, 6.45) is 7.84. The molecule has 7 aromatic rings. The lowest BCUT2D eigenvalue weighted by Crippen LogP contribution is -1.97. The van der Waals surface area contributed by atoms with Gasteiger partial charge < -0.3 is 9.13 Å². The summed E-state index contributed by atoms with van der Waals surface area (Å²) >= 11 is 0. The molecule has 0 saturated carbocycles. The van der Waals surface area contributed by atoms with E-state index < -0.39 is 0 Å². The molecule has 0 bridgehead atoms. The predicted molar refractivity (Wildman–Crippen MR) is 139 cm³/mol. The summed E-state index contributed by atoms with van der Waals surface area (Å²) in [7, 11) is 0. The molecule has 7 rings (SSSR count). The van der Waals surface area contributed by atoms with Crippen molar-refractivity contribution >= 4 is 32.8 Å². The molecule has 0 unspecified atom stereocenters. The van der Waals surface area contributed by atoms with Gasteiger partial charge in [0.1, 0.15) is 5.65 Å². The average molecular weight is 437 g/mol. The highest BCUT2D eigenvalue weighted by Gasteiger charge is 2.14. The van der Waals surface area contributed by atoms with Crippen LogP contribution >= 0.6 is 0 Å². The van der Waals surface area contributed by atoms with E-state index in [1.807, 2.05) is 30.7 Å². The summed E-state index contributed by atoms with van der Waals surface area (Å²) in [5.41, 5.74) is 7.79. The molecule has 0 aliphatic rings. The van der Waals surface area contributed by atoms with Gasteiger partial charge >= 0.3 is 0 Å². The van der Waals surface area contributed by atoms with Gasteiger partial charge in [0.2, 0.25) is 0 Å². The third kappa shape index (κ3) is 2.79. The van der Waals surface area contributed by atoms with E-state index in [0.29, 0.717) is 0 Å². The quantitative estimate of drug-likeness (QED) is 0.294. The molecule has 0 fully saturated rings. The van der Waals surface area contributed by atoms with Gasteiger partial charge in [-0.05, 0) is 54.1 Å². The van der Waals surface area contributed by atoms with Crippen molar-refractivity contribution in [3.05, 3.63) is 122 Å². The second-order valence-electron chi connectivity index (χ2n) is 8.42. The SMILES string of the molecule is c1ccc(-c2cn(-c3ccc(-n4c5ccccc5c5ccncc54)cc3)c3ncccc23)cc1. The summed E-state index contributed by atoms with van der Waals surface area (Å²) in [6, 6.07) is 33.9. The summed E-state index contributed by atoms with van der Waals surface area (Å²) in [4.78, 5) is 9.10. The summed E-state index contributed by atoms with van der Waals surface area (Å²) in [5, 5.41) is 3.59. The van der Waals surface area contributed by atoms with E-state index in [-0.39, 0.29) is 0 Å². The minimum atomic E-state index is 0.954. The van der Waals surface area contributed by atoms with Gasteiger partial charge in [0.15, 0.2) is 0 Å². The number of para-hydroxylation sites is 1. The molecule has 0 N–H and O–H groups in total. The number of rotatable bonds is 3. The number of hydrogen-bond donors (Lipinski definition) is 0. The van der Waals surface area contributed by atoms with E-state index in [1.54, 1.807) is 0 Å². The van der Waals surface area contributed by atoms with Crippen molar-refractivity contribution in [3.8, 4) is 22.5 Å². The van der Waals surface area contributed by atoms with Crippen molar-refractivity contribution < 1.29 is 0 Å². The van der Waals surface area contributed by atoms with Crippen LogP contribution < -0.4 is 0 Å². The molecule has 0 radical (unpaired) electrons. The highest BCUT2D eigenvalue weighted by molar-refractivity contribution is 6.08. The van der Waals surface area contributed by atoms with Crippen molar-refractivity contribution in [3.63, 3.8) is 0 Å². The summed E-state index contributed by atoms with van der Waals surface area (Å²) < 4.78 is 4.46. The van der Waals surface area contributed by atoms with Gasteiger partial charge in [0, 0.05) is 51.7 Å². The smallest absolute Gasteiger partial charge is 0.145 e. The van der Waals surface area contributed by atoms with Crippen LogP contribution in [-0.2, 0) is 0 Å². The number of nitrogens with zero attached hydrogens (tertiary/aromatic N) is 4. The lowest BCUT2D eigenvalue weighted by atomic mass is 10.1. The van der Waals surface area contributed by atoms with Gasteiger partial charge in [-0.25, -0.2) is 4.98 Å². The van der Waals surface area contributed by atoms with E-state index in [9.17, 15) is 0 Å². The Morgan fingerprint density at radius 2 is 1.29 bits per heavy atom. The Morgan fingerprint density at radius 3 is 2.18 bits per heavy atom. The van der Waals surface area contributed by atoms with E-state index in [0.717, 1.165) is 27.9 Å². The first-order valence-corrected chi connectivity index (χ1v) is 11.3. The first-order valence-electron chi connectivity index (χ1n) is 11.3. The highest BCUT2D eigenvalue weighted by Crippen LogP contribution is 2.33. The highest BCUT2D eigenvalue weighted by atomic mass is 15.0. The summed E-state index contributed by atoms with van der Waals surface area (Å²) in [5.74, 6) is 0. The molecule has 4 aromatic heterocycles. The molecule has 0 atom stereocenters. The molecular weight excluding hydrogens is 416 g/mol. The third-order valence-corrected chi connectivity index (χ3v) is 6.51. The van der Waals surface area contributed by atoms with Crippen LogP contribution in [0.15, 0.2) is 122 Å². The van der Waals surface area contributed by atoms with Crippen molar-refractivity contribution in [2.75, 3.05) is 0 Å². The van der Waals surface area contributed by atoms with Crippen LogP contribution in [0.25, 0.3) is 55.3 Å². The lowest BCUT2D eigenvalue weighted by molar-refractivity contribution is 1.08. The van der Waals surface area contributed by atoms with Crippen molar-refractivity contribution in [2.45, 2.75) is 0 Å². The normalized spacial score (nSPS) is 11.5. The first-order chi connectivity index (χ1) is 16.9. The van der Waals surface area contributed by atoms with Crippen LogP contribution in [0.4, 0.5) is 0 Å². The standard InChI is InChI=1S/C30H20N4/c1-2-7-21(8-3-1)27-20-33(30-26(27)10-6-17-32-30)22-12-14-23(15-13-22)34-28-11-5-4-9-24(28)25-16-18-31-19-29(25)34/h1-20H. The summed E-state index contributed by atoms with van der Waals surface area (Å²) in [6.45, 7) is 0. The number of hydrogen-bond acceptors (Lipinski definition) is 2. The molecule has 0 amide bonds. The van der Waals surface area contributed by atoms with Crippen LogP contribution in [0, 0.1) is 0 Å². The van der Waals surface area contributed by atoms with E-state index >= 15 is 0 Å². The maximum absolute atomic E-state index is 4.71. The monoisotopic (exact) mass is 436 g/mol. The Bertz CT molecular complexity index is 1740. The number of benzene rings is 3. The topological polar surface area (TPSA) is 35.6 Å².